The lowest BCUT2D eigenvalue weighted by Gasteiger charge is -2.18. The first kappa shape index (κ1) is 18.6. The van der Waals surface area contributed by atoms with Gasteiger partial charge in [0.2, 0.25) is 5.91 Å². The summed E-state index contributed by atoms with van der Waals surface area (Å²) < 4.78 is 5.13. The molecule has 25 heavy (non-hydrogen) atoms. The number of aromatic nitrogens is 1. The summed E-state index contributed by atoms with van der Waals surface area (Å²) in [5.74, 6) is -1.40. The van der Waals surface area contributed by atoms with Gasteiger partial charge in [-0.25, -0.2) is 9.78 Å². The summed E-state index contributed by atoms with van der Waals surface area (Å²) >= 11 is 1.11. The minimum Gasteiger partial charge on any atom is -0.448 e. The van der Waals surface area contributed by atoms with E-state index >= 15 is 0 Å². The maximum absolute atomic E-state index is 12.2. The predicted octanol–water partition coefficient (Wildman–Crippen LogP) is 2.52. The van der Waals surface area contributed by atoms with Gasteiger partial charge in [0.25, 0.3) is 5.91 Å². The quantitative estimate of drug-likeness (QED) is 0.771. The molecule has 0 saturated heterocycles. The molecule has 0 saturated carbocycles. The van der Waals surface area contributed by atoms with Gasteiger partial charge < -0.3 is 15.4 Å². The molecule has 2 unspecified atom stereocenters. The fraction of sp³-hybridized carbons (Fsp3) is 0.294. The highest BCUT2D eigenvalue weighted by molar-refractivity contribution is 7.14. The zero-order valence-electron chi connectivity index (χ0n) is 14.1. The molecule has 0 spiro atoms. The number of ether oxygens (including phenoxy) is 1. The first-order chi connectivity index (χ1) is 11.9. The van der Waals surface area contributed by atoms with E-state index in [-0.39, 0.29) is 17.6 Å². The molecule has 1 aromatic heterocycles. The molecule has 0 bridgehead atoms. The van der Waals surface area contributed by atoms with E-state index < -0.39 is 18.0 Å². The lowest BCUT2D eigenvalue weighted by atomic mass is 10.1. The normalized spacial score (nSPS) is 12.8. The van der Waals surface area contributed by atoms with Crippen LogP contribution in [0.25, 0.3) is 0 Å². The highest BCUT2D eigenvalue weighted by atomic mass is 32.1. The molecule has 2 atom stereocenters. The lowest BCUT2D eigenvalue weighted by Crippen LogP contribution is -2.37. The van der Waals surface area contributed by atoms with Gasteiger partial charge in [-0.05, 0) is 19.4 Å². The molecule has 0 aliphatic rings. The number of carbonyl (C=O) groups is 3. The van der Waals surface area contributed by atoms with Crippen molar-refractivity contribution < 1.29 is 19.1 Å². The number of nitrogens with one attached hydrogen (secondary N) is 2. The number of hydrogen-bond donors (Lipinski definition) is 2. The summed E-state index contributed by atoms with van der Waals surface area (Å²) in [6.07, 6.45) is -0.968. The van der Waals surface area contributed by atoms with Crippen molar-refractivity contribution in [2.45, 2.75) is 32.9 Å². The maximum Gasteiger partial charge on any atom is 0.358 e. The number of nitrogens with zero attached hydrogens (tertiary/aromatic N) is 1. The van der Waals surface area contributed by atoms with E-state index in [1.807, 2.05) is 37.3 Å². The van der Waals surface area contributed by atoms with E-state index in [2.05, 4.69) is 15.6 Å². The molecule has 2 rings (SSSR count). The highest BCUT2D eigenvalue weighted by Gasteiger charge is 2.22. The average molecular weight is 361 g/mol. The Bertz CT molecular complexity index is 760. The number of rotatable bonds is 6. The summed E-state index contributed by atoms with van der Waals surface area (Å²) in [5.41, 5.74) is 0.998. The molecule has 1 aromatic carbocycles. The summed E-state index contributed by atoms with van der Waals surface area (Å²) in [6.45, 7) is 4.69. The van der Waals surface area contributed by atoms with Crippen molar-refractivity contribution in [3.8, 4) is 0 Å². The molecule has 2 aromatic rings. The number of anilines is 1. The third-order valence-electron chi connectivity index (χ3n) is 3.31. The Labute approximate surface area is 149 Å². The fourth-order valence-electron chi connectivity index (χ4n) is 2.01. The number of amides is 2. The van der Waals surface area contributed by atoms with Crippen LogP contribution in [0.4, 0.5) is 5.13 Å². The van der Waals surface area contributed by atoms with Gasteiger partial charge in [-0.3, -0.25) is 9.59 Å². The first-order valence-corrected chi connectivity index (χ1v) is 8.54. The Balaban J connectivity index is 1.90. The molecular formula is C17H19N3O4S. The summed E-state index contributed by atoms with van der Waals surface area (Å²) in [7, 11) is 0. The molecule has 0 aliphatic carbocycles. The van der Waals surface area contributed by atoms with Crippen molar-refractivity contribution in [3.05, 3.63) is 47.0 Å². The van der Waals surface area contributed by atoms with Gasteiger partial charge in [-0.2, -0.15) is 0 Å². The Hall–Kier alpha value is -2.74. The second-order valence-electron chi connectivity index (χ2n) is 5.41. The summed E-state index contributed by atoms with van der Waals surface area (Å²) in [5, 5.41) is 7.04. The Morgan fingerprint density at radius 2 is 1.84 bits per heavy atom. The minimum atomic E-state index is -0.968. The third-order valence-corrected chi connectivity index (χ3v) is 4.07. The van der Waals surface area contributed by atoms with Gasteiger partial charge in [-0.15, -0.1) is 11.3 Å². The molecule has 132 valence electrons. The van der Waals surface area contributed by atoms with E-state index in [0.29, 0.717) is 5.13 Å². The van der Waals surface area contributed by atoms with Crippen molar-refractivity contribution in [3.63, 3.8) is 0 Å². The van der Waals surface area contributed by atoms with Crippen LogP contribution in [0.3, 0.4) is 0 Å². The number of thiazole rings is 1. The van der Waals surface area contributed by atoms with Gasteiger partial charge in [0.05, 0.1) is 6.04 Å². The second kappa shape index (κ2) is 8.39. The van der Waals surface area contributed by atoms with Gasteiger partial charge in [-0.1, -0.05) is 30.3 Å². The molecule has 2 N–H and O–H groups in total. The second-order valence-corrected chi connectivity index (χ2v) is 6.27. The number of carbonyl (C=O) groups excluding carboxylic acids is 3. The van der Waals surface area contributed by atoms with Crippen LogP contribution in [-0.2, 0) is 14.3 Å². The van der Waals surface area contributed by atoms with Crippen molar-refractivity contribution >= 4 is 34.3 Å². The van der Waals surface area contributed by atoms with Crippen LogP contribution >= 0.6 is 11.3 Å². The zero-order valence-corrected chi connectivity index (χ0v) is 14.9. The molecule has 7 nitrogen and oxygen atoms in total. The van der Waals surface area contributed by atoms with Crippen LogP contribution in [-0.4, -0.2) is 28.9 Å². The predicted molar refractivity (Wildman–Crippen MR) is 94.3 cm³/mol. The van der Waals surface area contributed by atoms with E-state index in [1.54, 1.807) is 0 Å². The minimum absolute atomic E-state index is 0.0458. The third kappa shape index (κ3) is 5.39. The van der Waals surface area contributed by atoms with Crippen LogP contribution in [0.2, 0.25) is 0 Å². The fourth-order valence-corrected chi connectivity index (χ4v) is 2.73. The smallest absolute Gasteiger partial charge is 0.358 e. The van der Waals surface area contributed by atoms with E-state index in [0.717, 1.165) is 16.9 Å². The van der Waals surface area contributed by atoms with Crippen molar-refractivity contribution in [2.24, 2.45) is 0 Å². The van der Waals surface area contributed by atoms with Crippen LogP contribution < -0.4 is 10.6 Å². The zero-order chi connectivity index (χ0) is 18.4. The van der Waals surface area contributed by atoms with E-state index in [4.69, 9.17) is 4.74 Å². The summed E-state index contributed by atoms with van der Waals surface area (Å²) in [6, 6.07) is 9.26. The topological polar surface area (TPSA) is 97.4 Å². The number of hydrogen-bond acceptors (Lipinski definition) is 6. The largest absolute Gasteiger partial charge is 0.448 e. The van der Waals surface area contributed by atoms with E-state index in [9.17, 15) is 14.4 Å². The number of esters is 1. The van der Waals surface area contributed by atoms with Crippen LogP contribution in [0.5, 0.6) is 0 Å². The van der Waals surface area contributed by atoms with Crippen molar-refractivity contribution in [1.29, 1.82) is 0 Å². The van der Waals surface area contributed by atoms with Gasteiger partial charge in [0, 0.05) is 12.3 Å². The molecule has 0 aliphatic heterocycles. The highest BCUT2D eigenvalue weighted by Crippen LogP contribution is 2.17. The van der Waals surface area contributed by atoms with Crippen LogP contribution in [0.15, 0.2) is 35.7 Å². The van der Waals surface area contributed by atoms with Gasteiger partial charge in [0.15, 0.2) is 16.9 Å². The molecule has 8 heteroatoms. The monoisotopic (exact) mass is 361 g/mol. The molecule has 0 radical (unpaired) electrons. The average Bonchev–Trinajstić information content (AvgIpc) is 3.03. The molecule has 0 fully saturated rings. The van der Waals surface area contributed by atoms with Crippen LogP contribution in [0, 0.1) is 0 Å². The standard InChI is InChI=1S/C17H19N3O4S/c1-10(13-7-5-4-6-8-13)18-15(22)11(2)24-16(23)14-9-25-17(20-14)19-12(3)21/h4-11H,1-3H3,(H,18,22)(H,19,20,21). The SMILES string of the molecule is CC(=O)Nc1nc(C(=O)OC(C)C(=O)NC(C)c2ccccc2)cs1. The maximum atomic E-state index is 12.2. The Kier molecular flexibility index (Phi) is 6.24. The number of benzene rings is 1. The van der Waals surface area contributed by atoms with Gasteiger partial charge >= 0.3 is 5.97 Å². The summed E-state index contributed by atoms with van der Waals surface area (Å²) in [4.78, 5) is 39.1. The Morgan fingerprint density at radius 3 is 2.48 bits per heavy atom. The molecular weight excluding hydrogens is 342 g/mol. The Morgan fingerprint density at radius 1 is 1.16 bits per heavy atom. The van der Waals surface area contributed by atoms with Crippen molar-refractivity contribution in [2.75, 3.05) is 5.32 Å². The molecule has 2 amide bonds. The van der Waals surface area contributed by atoms with Crippen molar-refractivity contribution in [1.82, 2.24) is 10.3 Å². The van der Waals surface area contributed by atoms with E-state index in [1.165, 1.54) is 19.2 Å². The first-order valence-electron chi connectivity index (χ1n) is 7.66. The van der Waals surface area contributed by atoms with Gasteiger partial charge in [0.1, 0.15) is 0 Å². The lowest BCUT2D eigenvalue weighted by molar-refractivity contribution is -0.129. The molecule has 1 heterocycles. The van der Waals surface area contributed by atoms with Crippen LogP contribution in [0.1, 0.15) is 42.9 Å².